The summed E-state index contributed by atoms with van der Waals surface area (Å²) in [6.45, 7) is 1.90. The van der Waals surface area contributed by atoms with Crippen molar-refractivity contribution in [3.8, 4) is 11.5 Å². The molecule has 0 bridgehead atoms. The van der Waals surface area contributed by atoms with Crippen LogP contribution in [-0.4, -0.2) is 60.7 Å². The fourth-order valence-electron chi connectivity index (χ4n) is 4.50. The van der Waals surface area contributed by atoms with Crippen molar-refractivity contribution in [2.24, 2.45) is 0 Å². The van der Waals surface area contributed by atoms with Crippen LogP contribution in [0.15, 0.2) is 77.2 Å². The summed E-state index contributed by atoms with van der Waals surface area (Å²) in [5.41, 5.74) is 3.92. The zero-order chi connectivity index (χ0) is 26.8. The van der Waals surface area contributed by atoms with Crippen LogP contribution in [0.2, 0.25) is 0 Å². The van der Waals surface area contributed by atoms with Crippen LogP contribution < -0.4 is 4.90 Å². The number of hydrogen-bond acceptors (Lipinski definition) is 7. The van der Waals surface area contributed by atoms with Gasteiger partial charge in [-0.05, 0) is 55.5 Å². The number of carbonyl (C=O) groups is 3. The van der Waals surface area contributed by atoms with Gasteiger partial charge in [0.05, 0.1) is 18.7 Å². The van der Waals surface area contributed by atoms with Crippen LogP contribution in [-0.2, 0) is 19.1 Å². The van der Waals surface area contributed by atoms with Gasteiger partial charge in [0.25, 0.3) is 11.8 Å². The molecule has 194 valence electrons. The molecule has 2 heterocycles. The van der Waals surface area contributed by atoms with Crippen molar-refractivity contribution in [2.45, 2.75) is 25.7 Å². The predicted molar refractivity (Wildman–Crippen MR) is 140 cm³/mol. The molecule has 3 amide bonds. The number of ether oxygens (including phenoxy) is 2. The van der Waals surface area contributed by atoms with Crippen molar-refractivity contribution in [2.75, 3.05) is 25.7 Å². The number of rotatable bonds is 8. The van der Waals surface area contributed by atoms with E-state index >= 15 is 0 Å². The molecular weight excluding hydrogens is 486 g/mol. The molecule has 1 fully saturated rings. The lowest BCUT2D eigenvalue weighted by Gasteiger charge is -2.30. The molecule has 1 atom stereocenters. The number of nitrogens with zero attached hydrogens (tertiary/aromatic N) is 3. The van der Waals surface area contributed by atoms with Crippen LogP contribution in [0.4, 0.5) is 5.69 Å². The molecule has 5 rings (SSSR count). The Labute approximate surface area is 219 Å². The number of oxazole rings is 1. The van der Waals surface area contributed by atoms with Crippen LogP contribution in [0.25, 0.3) is 22.6 Å². The Hall–Kier alpha value is -4.34. The summed E-state index contributed by atoms with van der Waals surface area (Å²) < 4.78 is 16.4. The highest BCUT2D eigenvalue weighted by atomic mass is 16.7. The van der Waals surface area contributed by atoms with E-state index in [1.54, 1.807) is 36.4 Å². The second-order valence-corrected chi connectivity index (χ2v) is 9.05. The maximum atomic E-state index is 13.6. The number of anilines is 1. The molecule has 1 unspecified atom stereocenters. The molecule has 3 aromatic carbocycles. The molecule has 0 aliphatic carbocycles. The molecule has 0 saturated carbocycles. The van der Waals surface area contributed by atoms with Gasteiger partial charge in [-0.2, -0.15) is 0 Å². The minimum atomic E-state index is -0.999. The predicted octanol–water partition coefficient (Wildman–Crippen LogP) is 4.20. The average Bonchev–Trinajstić information content (AvgIpc) is 3.50. The van der Waals surface area contributed by atoms with E-state index in [1.807, 2.05) is 43.3 Å². The molecule has 0 radical (unpaired) electrons. The second-order valence-electron chi connectivity index (χ2n) is 9.05. The first kappa shape index (κ1) is 25.3. The van der Waals surface area contributed by atoms with E-state index in [-0.39, 0.29) is 18.9 Å². The quantitative estimate of drug-likeness (QED) is 0.257. The van der Waals surface area contributed by atoms with Gasteiger partial charge in [0.15, 0.2) is 11.9 Å². The molecule has 0 spiro atoms. The molecule has 9 nitrogen and oxygen atoms in total. The van der Waals surface area contributed by atoms with Crippen molar-refractivity contribution in [3.63, 3.8) is 0 Å². The fourth-order valence-corrected chi connectivity index (χ4v) is 4.50. The minimum Gasteiger partial charge on any atom is -0.436 e. The van der Waals surface area contributed by atoms with Gasteiger partial charge in [0.1, 0.15) is 11.6 Å². The normalized spacial score (nSPS) is 15.6. The standard InChI is InChI=1S/C29H27N3O6/c1-18-8-10-20(11-9-18)28(34)31(17-26(36-2)37-3)23-16-25(33)32(29(23)35)21-14-12-19(13-15-21)27-30-22-6-4-5-7-24(22)38-27/h4-15,23,26H,16-17H2,1-3H3. The fraction of sp³-hybridized carbons (Fsp3) is 0.241. The summed E-state index contributed by atoms with van der Waals surface area (Å²) in [5, 5.41) is 0. The first-order chi connectivity index (χ1) is 18.4. The molecule has 1 aliphatic heterocycles. The lowest BCUT2D eigenvalue weighted by molar-refractivity contribution is -0.128. The van der Waals surface area contributed by atoms with E-state index in [1.165, 1.54) is 19.1 Å². The zero-order valence-electron chi connectivity index (χ0n) is 21.3. The highest BCUT2D eigenvalue weighted by Crippen LogP contribution is 2.30. The van der Waals surface area contributed by atoms with Gasteiger partial charge in [0.2, 0.25) is 11.8 Å². The molecule has 4 aromatic rings. The highest BCUT2D eigenvalue weighted by Gasteiger charge is 2.45. The third kappa shape index (κ3) is 4.81. The van der Waals surface area contributed by atoms with E-state index < -0.39 is 24.1 Å². The van der Waals surface area contributed by atoms with E-state index in [2.05, 4.69) is 4.98 Å². The molecule has 1 aromatic heterocycles. The van der Waals surface area contributed by atoms with Gasteiger partial charge in [-0.3, -0.25) is 14.4 Å². The Bertz CT molecular complexity index is 1440. The Morgan fingerprint density at radius 1 is 1.03 bits per heavy atom. The van der Waals surface area contributed by atoms with E-state index in [9.17, 15) is 14.4 Å². The Balaban J connectivity index is 1.41. The van der Waals surface area contributed by atoms with E-state index in [0.717, 1.165) is 16.0 Å². The van der Waals surface area contributed by atoms with Gasteiger partial charge < -0.3 is 18.8 Å². The van der Waals surface area contributed by atoms with Gasteiger partial charge in [-0.1, -0.05) is 29.8 Å². The number of hydrogen-bond donors (Lipinski definition) is 0. The van der Waals surface area contributed by atoms with Crippen molar-refractivity contribution < 1.29 is 28.3 Å². The van der Waals surface area contributed by atoms with Crippen LogP contribution in [0.1, 0.15) is 22.3 Å². The number of fused-ring (bicyclic) bond motifs is 1. The van der Waals surface area contributed by atoms with Crippen molar-refractivity contribution >= 4 is 34.5 Å². The highest BCUT2D eigenvalue weighted by molar-refractivity contribution is 6.23. The van der Waals surface area contributed by atoms with Crippen LogP contribution in [0.5, 0.6) is 0 Å². The van der Waals surface area contributed by atoms with Gasteiger partial charge in [-0.15, -0.1) is 0 Å². The van der Waals surface area contributed by atoms with E-state index in [0.29, 0.717) is 28.3 Å². The maximum Gasteiger partial charge on any atom is 0.257 e. The number of para-hydroxylation sites is 2. The number of carbonyl (C=O) groups excluding carboxylic acids is 3. The third-order valence-corrected chi connectivity index (χ3v) is 6.60. The smallest absolute Gasteiger partial charge is 0.257 e. The summed E-state index contributed by atoms with van der Waals surface area (Å²) in [4.78, 5) is 47.1. The van der Waals surface area contributed by atoms with Crippen molar-refractivity contribution in [1.29, 1.82) is 0 Å². The summed E-state index contributed by atoms with van der Waals surface area (Å²) in [7, 11) is 2.91. The van der Waals surface area contributed by atoms with Crippen LogP contribution in [0.3, 0.4) is 0 Å². The zero-order valence-corrected chi connectivity index (χ0v) is 21.3. The largest absolute Gasteiger partial charge is 0.436 e. The maximum absolute atomic E-state index is 13.6. The number of benzene rings is 3. The van der Waals surface area contributed by atoms with Crippen LogP contribution in [0, 0.1) is 6.92 Å². The number of methoxy groups -OCH3 is 2. The second kappa shape index (κ2) is 10.6. The minimum absolute atomic E-state index is 0.0199. The summed E-state index contributed by atoms with van der Waals surface area (Å²) >= 11 is 0. The Kier molecular flexibility index (Phi) is 7.04. The lowest BCUT2D eigenvalue weighted by Crippen LogP contribution is -2.49. The molecule has 1 aliphatic rings. The molecule has 1 saturated heterocycles. The van der Waals surface area contributed by atoms with Gasteiger partial charge >= 0.3 is 0 Å². The summed E-state index contributed by atoms with van der Waals surface area (Å²) in [6.07, 6.45) is -0.916. The first-order valence-electron chi connectivity index (χ1n) is 12.2. The number of amides is 3. The lowest BCUT2D eigenvalue weighted by atomic mass is 10.1. The number of aromatic nitrogens is 1. The number of aryl methyl sites for hydroxylation is 1. The summed E-state index contributed by atoms with van der Waals surface area (Å²) in [5.74, 6) is -0.836. The van der Waals surface area contributed by atoms with Crippen molar-refractivity contribution in [3.05, 3.63) is 83.9 Å². The van der Waals surface area contributed by atoms with Crippen LogP contribution >= 0.6 is 0 Å². The van der Waals surface area contributed by atoms with Gasteiger partial charge in [0, 0.05) is 25.3 Å². The third-order valence-electron chi connectivity index (χ3n) is 6.60. The molecular formula is C29H27N3O6. The molecule has 9 heteroatoms. The van der Waals surface area contributed by atoms with Gasteiger partial charge in [-0.25, -0.2) is 9.88 Å². The first-order valence-corrected chi connectivity index (χ1v) is 12.2. The molecule has 38 heavy (non-hydrogen) atoms. The summed E-state index contributed by atoms with van der Waals surface area (Å²) in [6, 6.07) is 20.3. The SMILES string of the molecule is COC(CN(C(=O)c1ccc(C)cc1)C1CC(=O)N(c2ccc(-c3nc4ccccc4o3)cc2)C1=O)OC. The topological polar surface area (TPSA) is 102 Å². The number of imide groups is 1. The Morgan fingerprint density at radius 3 is 2.37 bits per heavy atom. The monoisotopic (exact) mass is 513 g/mol. The molecule has 0 N–H and O–H groups in total. The average molecular weight is 514 g/mol. The van der Waals surface area contributed by atoms with E-state index in [4.69, 9.17) is 13.9 Å². The van der Waals surface area contributed by atoms with Crippen molar-refractivity contribution in [1.82, 2.24) is 9.88 Å². The Morgan fingerprint density at radius 2 is 1.71 bits per heavy atom.